The third-order valence-corrected chi connectivity index (χ3v) is 3.65. The number of hydrogen-bond acceptors (Lipinski definition) is 3. The molecule has 0 spiro atoms. The maximum absolute atomic E-state index is 12.2. The first-order valence-electron chi connectivity index (χ1n) is 7.25. The van der Waals surface area contributed by atoms with E-state index in [0.29, 0.717) is 19.3 Å². The molecular weight excluding hydrogens is 276 g/mol. The molecule has 1 N–H and O–H groups in total. The Morgan fingerprint density at radius 1 is 1.00 bits per heavy atom. The Kier molecular flexibility index (Phi) is 4.10. The van der Waals surface area contributed by atoms with Crippen LogP contribution in [0.5, 0.6) is 0 Å². The van der Waals surface area contributed by atoms with E-state index in [1.807, 2.05) is 54.6 Å². The summed E-state index contributed by atoms with van der Waals surface area (Å²) in [7, 11) is 0. The van der Waals surface area contributed by atoms with Crippen LogP contribution >= 0.6 is 0 Å². The van der Waals surface area contributed by atoms with Gasteiger partial charge in [-0.25, -0.2) is 5.43 Å². The summed E-state index contributed by atoms with van der Waals surface area (Å²) in [5.74, 6) is 0.0597. The van der Waals surface area contributed by atoms with Crippen molar-refractivity contribution in [2.75, 3.05) is 0 Å². The summed E-state index contributed by atoms with van der Waals surface area (Å²) in [6.45, 7) is 0. The number of rotatable bonds is 4. The molecule has 0 saturated heterocycles. The zero-order valence-electron chi connectivity index (χ0n) is 12.1. The highest BCUT2D eigenvalue weighted by molar-refractivity contribution is 6.04. The van der Waals surface area contributed by atoms with Gasteiger partial charge in [-0.1, -0.05) is 54.6 Å². The molecule has 1 aliphatic rings. The van der Waals surface area contributed by atoms with Crippen molar-refractivity contribution in [1.82, 2.24) is 5.43 Å². The van der Waals surface area contributed by atoms with Crippen LogP contribution in [0.4, 0.5) is 0 Å². The summed E-state index contributed by atoms with van der Waals surface area (Å²) in [5, 5.41) is 4.07. The second-order valence-corrected chi connectivity index (χ2v) is 5.26. The largest absolute Gasteiger partial charge is 0.294 e. The van der Waals surface area contributed by atoms with Gasteiger partial charge in [-0.05, 0) is 11.1 Å². The van der Waals surface area contributed by atoms with Crippen LogP contribution < -0.4 is 5.43 Å². The predicted molar refractivity (Wildman–Crippen MR) is 84.8 cm³/mol. The van der Waals surface area contributed by atoms with Crippen molar-refractivity contribution < 1.29 is 9.59 Å². The fourth-order valence-electron chi connectivity index (χ4n) is 2.41. The van der Waals surface area contributed by atoms with Crippen LogP contribution in [0.25, 0.3) is 0 Å². The van der Waals surface area contributed by atoms with Crippen molar-refractivity contribution in [1.29, 1.82) is 0 Å². The molecule has 0 aliphatic carbocycles. The molecule has 1 aliphatic heterocycles. The van der Waals surface area contributed by atoms with Crippen LogP contribution in [0.15, 0.2) is 59.7 Å². The molecule has 2 aromatic rings. The fraction of sp³-hybridized carbons (Fsp3) is 0.167. The van der Waals surface area contributed by atoms with Crippen molar-refractivity contribution in [3.8, 4) is 0 Å². The number of carbonyl (C=O) groups is 2. The number of ketones is 1. The van der Waals surface area contributed by atoms with Gasteiger partial charge in [0.1, 0.15) is 0 Å². The van der Waals surface area contributed by atoms with E-state index in [1.165, 1.54) is 0 Å². The van der Waals surface area contributed by atoms with Crippen LogP contribution in [0.3, 0.4) is 0 Å². The third kappa shape index (κ3) is 3.28. The minimum atomic E-state index is -0.0474. The van der Waals surface area contributed by atoms with Crippen molar-refractivity contribution >= 4 is 17.4 Å². The molecular formula is C18H16N2O2. The lowest BCUT2D eigenvalue weighted by Crippen LogP contribution is -2.25. The first kappa shape index (κ1) is 14.2. The van der Waals surface area contributed by atoms with Gasteiger partial charge in [-0.2, -0.15) is 5.10 Å². The molecule has 0 radical (unpaired) electrons. The van der Waals surface area contributed by atoms with Crippen molar-refractivity contribution in [3.63, 3.8) is 0 Å². The van der Waals surface area contributed by atoms with Gasteiger partial charge in [0, 0.05) is 24.8 Å². The maximum atomic E-state index is 12.2. The smallest absolute Gasteiger partial charge is 0.240 e. The molecule has 2 aromatic carbocycles. The Labute approximate surface area is 128 Å². The highest BCUT2D eigenvalue weighted by Crippen LogP contribution is 2.13. The van der Waals surface area contributed by atoms with Gasteiger partial charge in [-0.15, -0.1) is 0 Å². The standard InChI is InChI=1S/C18H16N2O2/c21-17(15-4-2-1-3-5-15)12-13-6-8-14(9-7-13)16-10-11-18(22)20-19-16/h1-9H,10-12H2,(H,20,22). The second-order valence-electron chi connectivity index (χ2n) is 5.26. The van der Waals surface area contributed by atoms with Crippen LogP contribution in [-0.4, -0.2) is 17.4 Å². The second kappa shape index (κ2) is 6.35. The fourth-order valence-corrected chi connectivity index (χ4v) is 2.41. The number of amides is 1. The van der Waals surface area contributed by atoms with Gasteiger partial charge in [0.05, 0.1) is 5.71 Å². The van der Waals surface area contributed by atoms with E-state index in [-0.39, 0.29) is 11.7 Å². The van der Waals surface area contributed by atoms with Gasteiger partial charge < -0.3 is 0 Å². The van der Waals surface area contributed by atoms with Crippen LogP contribution in [-0.2, 0) is 11.2 Å². The highest BCUT2D eigenvalue weighted by Gasteiger charge is 2.13. The van der Waals surface area contributed by atoms with Crippen molar-refractivity contribution in [3.05, 3.63) is 71.3 Å². The number of nitrogens with zero attached hydrogens (tertiary/aromatic N) is 1. The average Bonchev–Trinajstić information content (AvgIpc) is 2.57. The first-order valence-corrected chi connectivity index (χ1v) is 7.25. The van der Waals surface area contributed by atoms with Crippen molar-refractivity contribution in [2.45, 2.75) is 19.3 Å². The molecule has 1 heterocycles. The number of carbonyl (C=O) groups excluding carboxylic acids is 2. The molecule has 0 atom stereocenters. The minimum Gasteiger partial charge on any atom is -0.294 e. The molecule has 0 saturated carbocycles. The molecule has 0 fully saturated rings. The zero-order valence-corrected chi connectivity index (χ0v) is 12.1. The quantitative estimate of drug-likeness (QED) is 0.881. The molecule has 0 aromatic heterocycles. The van der Waals surface area contributed by atoms with E-state index in [1.54, 1.807) is 0 Å². The van der Waals surface area contributed by atoms with Crippen LogP contribution in [0, 0.1) is 0 Å². The monoisotopic (exact) mass is 292 g/mol. The summed E-state index contributed by atoms with van der Waals surface area (Å²) < 4.78 is 0. The summed E-state index contributed by atoms with van der Waals surface area (Å²) in [4.78, 5) is 23.3. The van der Waals surface area contributed by atoms with E-state index < -0.39 is 0 Å². The lowest BCUT2D eigenvalue weighted by Gasteiger charge is -2.12. The van der Waals surface area contributed by atoms with Gasteiger partial charge >= 0.3 is 0 Å². The van der Waals surface area contributed by atoms with Gasteiger partial charge in [0.15, 0.2) is 5.78 Å². The maximum Gasteiger partial charge on any atom is 0.240 e. The number of hydrazone groups is 1. The van der Waals surface area contributed by atoms with Gasteiger partial charge in [0.25, 0.3) is 0 Å². The number of benzene rings is 2. The molecule has 4 nitrogen and oxygen atoms in total. The summed E-state index contributed by atoms with van der Waals surface area (Å²) in [5.41, 5.74) is 6.05. The predicted octanol–water partition coefficient (Wildman–Crippen LogP) is 2.73. The summed E-state index contributed by atoms with van der Waals surface area (Å²) in [6.07, 6.45) is 1.49. The highest BCUT2D eigenvalue weighted by atomic mass is 16.2. The molecule has 0 bridgehead atoms. The minimum absolute atomic E-state index is 0.0474. The molecule has 110 valence electrons. The molecule has 1 amide bonds. The molecule has 22 heavy (non-hydrogen) atoms. The Hall–Kier alpha value is -2.75. The SMILES string of the molecule is O=C1CCC(c2ccc(CC(=O)c3ccccc3)cc2)=NN1. The summed E-state index contributed by atoms with van der Waals surface area (Å²) >= 11 is 0. The average molecular weight is 292 g/mol. The van der Waals surface area contributed by atoms with E-state index in [2.05, 4.69) is 10.5 Å². The summed E-state index contributed by atoms with van der Waals surface area (Å²) in [6, 6.07) is 17.1. The number of nitrogens with one attached hydrogen (secondary N) is 1. The van der Waals surface area contributed by atoms with E-state index >= 15 is 0 Å². The molecule has 4 heteroatoms. The van der Waals surface area contributed by atoms with Gasteiger partial charge in [0.2, 0.25) is 5.91 Å². The Bertz CT molecular complexity index is 719. The molecule has 3 rings (SSSR count). The first-order chi connectivity index (χ1) is 10.7. The topological polar surface area (TPSA) is 58.5 Å². The zero-order chi connectivity index (χ0) is 15.4. The van der Waals surface area contributed by atoms with Crippen LogP contribution in [0.2, 0.25) is 0 Å². The van der Waals surface area contributed by atoms with E-state index in [0.717, 1.165) is 22.4 Å². The normalized spacial score (nSPS) is 14.2. The van der Waals surface area contributed by atoms with E-state index in [4.69, 9.17) is 0 Å². The Balaban J connectivity index is 1.70. The lowest BCUT2D eigenvalue weighted by molar-refractivity contribution is -0.121. The third-order valence-electron chi connectivity index (χ3n) is 3.65. The lowest BCUT2D eigenvalue weighted by atomic mass is 9.99. The van der Waals surface area contributed by atoms with Crippen molar-refractivity contribution in [2.24, 2.45) is 5.10 Å². The number of Topliss-reactive ketones (excluding diaryl/α,β-unsaturated/α-hetero) is 1. The Morgan fingerprint density at radius 3 is 2.36 bits per heavy atom. The van der Waals surface area contributed by atoms with Gasteiger partial charge in [-0.3, -0.25) is 9.59 Å². The van der Waals surface area contributed by atoms with Crippen LogP contribution in [0.1, 0.15) is 34.3 Å². The Morgan fingerprint density at radius 2 is 1.73 bits per heavy atom. The number of hydrogen-bond donors (Lipinski definition) is 1. The van der Waals surface area contributed by atoms with E-state index in [9.17, 15) is 9.59 Å². The molecule has 0 unspecified atom stereocenters.